The van der Waals surface area contributed by atoms with E-state index in [2.05, 4.69) is 4.98 Å². The van der Waals surface area contributed by atoms with E-state index in [0.717, 1.165) is 36.9 Å². The van der Waals surface area contributed by atoms with Crippen LogP contribution in [0.5, 0.6) is 0 Å². The molecule has 1 aliphatic rings. The van der Waals surface area contributed by atoms with E-state index in [1.165, 1.54) is 12.1 Å². The van der Waals surface area contributed by atoms with Crippen LogP contribution >= 0.6 is 11.6 Å². The van der Waals surface area contributed by atoms with Gasteiger partial charge in [0.2, 0.25) is 0 Å². The number of H-pyrrole nitrogens is 1. The molecular weight excluding hydrogens is 241 g/mol. The van der Waals surface area contributed by atoms with E-state index >= 15 is 0 Å². The maximum absolute atomic E-state index is 13.4. The Morgan fingerprint density at radius 2 is 2.00 bits per heavy atom. The van der Waals surface area contributed by atoms with E-state index in [9.17, 15) is 9.18 Å². The number of aromatic amines is 1. The second-order valence-electron chi connectivity index (χ2n) is 4.43. The van der Waals surface area contributed by atoms with Gasteiger partial charge in [0.15, 0.2) is 5.43 Å². The van der Waals surface area contributed by atoms with Crippen molar-refractivity contribution in [2.45, 2.75) is 25.7 Å². The molecule has 0 saturated heterocycles. The first kappa shape index (κ1) is 10.8. The van der Waals surface area contributed by atoms with E-state index in [1.807, 2.05) is 0 Å². The van der Waals surface area contributed by atoms with Crippen molar-refractivity contribution in [1.29, 1.82) is 0 Å². The third kappa shape index (κ3) is 1.65. The molecule has 2 nitrogen and oxygen atoms in total. The minimum absolute atomic E-state index is 0.00115. The highest BCUT2D eigenvalue weighted by Crippen LogP contribution is 2.23. The summed E-state index contributed by atoms with van der Waals surface area (Å²) in [6, 6.07) is 2.72. The number of aryl methyl sites for hydroxylation is 1. The minimum atomic E-state index is -0.495. The summed E-state index contributed by atoms with van der Waals surface area (Å²) in [4.78, 5) is 15.4. The normalized spacial score (nSPS) is 14.9. The maximum atomic E-state index is 13.4. The predicted molar refractivity (Wildman–Crippen MR) is 66.2 cm³/mol. The topological polar surface area (TPSA) is 32.9 Å². The fraction of sp³-hybridized carbons (Fsp3) is 0.308. The molecule has 3 rings (SSSR count). The van der Waals surface area contributed by atoms with Crippen molar-refractivity contribution in [3.05, 3.63) is 44.5 Å². The molecule has 1 aliphatic carbocycles. The molecule has 0 atom stereocenters. The Balaban J connectivity index is 2.40. The third-order valence-electron chi connectivity index (χ3n) is 3.33. The van der Waals surface area contributed by atoms with Gasteiger partial charge in [-0.25, -0.2) is 4.39 Å². The molecule has 0 aliphatic heterocycles. The van der Waals surface area contributed by atoms with Crippen LogP contribution in [0, 0.1) is 5.82 Å². The number of aromatic nitrogens is 1. The van der Waals surface area contributed by atoms with Crippen LogP contribution in [-0.2, 0) is 12.8 Å². The van der Waals surface area contributed by atoms with Gasteiger partial charge in [-0.2, -0.15) is 0 Å². The first-order chi connectivity index (χ1) is 8.16. The molecule has 0 saturated carbocycles. The standard InChI is InChI=1S/C13H11ClFNO/c14-9-5-8-12(6-10(9)15)16-11-4-2-1-3-7(11)13(8)17/h5-6H,1-4H2,(H,16,17). The zero-order valence-electron chi connectivity index (χ0n) is 9.15. The Labute approximate surface area is 102 Å². The van der Waals surface area contributed by atoms with Gasteiger partial charge in [0, 0.05) is 16.6 Å². The van der Waals surface area contributed by atoms with Gasteiger partial charge in [-0.05, 0) is 37.8 Å². The summed E-state index contributed by atoms with van der Waals surface area (Å²) < 4.78 is 13.4. The van der Waals surface area contributed by atoms with Gasteiger partial charge >= 0.3 is 0 Å². The number of pyridine rings is 1. The van der Waals surface area contributed by atoms with Crippen LogP contribution in [0.2, 0.25) is 5.02 Å². The minimum Gasteiger partial charge on any atom is -0.358 e. The van der Waals surface area contributed by atoms with E-state index in [-0.39, 0.29) is 10.5 Å². The second-order valence-corrected chi connectivity index (χ2v) is 4.84. The Morgan fingerprint density at radius 1 is 1.24 bits per heavy atom. The summed E-state index contributed by atoms with van der Waals surface area (Å²) in [7, 11) is 0. The highest BCUT2D eigenvalue weighted by atomic mass is 35.5. The van der Waals surface area contributed by atoms with Gasteiger partial charge in [0.1, 0.15) is 5.82 Å². The lowest BCUT2D eigenvalue weighted by Gasteiger charge is -2.15. The lowest BCUT2D eigenvalue weighted by molar-refractivity contribution is 0.629. The van der Waals surface area contributed by atoms with Crippen LogP contribution in [0.4, 0.5) is 4.39 Å². The molecule has 0 bridgehead atoms. The van der Waals surface area contributed by atoms with Crippen molar-refractivity contribution < 1.29 is 4.39 Å². The number of hydrogen-bond acceptors (Lipinski definition) is 1. The molecule has 1 heterocycles. The highest BCUT2D eigenvalue weighted by Gasteiger charge is 2.16. The summed E-state index contributed by atoms with van der Waals surface area (Å²) in [5.41, 5.74) is 2.33. The number of fused-ring (bicyclic) bond motifs is 2. The Kier molecular flexibility index (Phi) is 2.44. The number of nitrogens with one attached hydrogen (secondary N) is 1. The van der Waals surface area contributed by atoms with Crippen molar-refractivity contribution >= 4 is 22.5 Å². The number of rotatable bonds is 0. The zero-order valence-corrected chi connectivity index (χ0v) is 9.90. The monoisotopic (exact) mass is 251 g/mol. The van der Waals surface area contributed by atoms with E-state index < -0.39 is 5.82 Å². The molecular formula is C13H11ClFNO. The van der Waals surface area contributed by atoms with Crippen molar-refractivity contribution in [2.75, 3.05) is 0 Å². The smallest absolute Gasteiger partial charge is 0.192 e. The van der Waals surface area contributed by atoms with Crippen molar-refractivity contribution in [2.24, 2.45) is 0 Å². The molecule has 0 unspecified atom stereocenters. The van der Waals surface area contributed by atoms with Gasteiger partial charge in [0.05, 0.1) is 10.5 Å². The van der Waals surface area contributed by atoms with Crippen LogP contribution in [0.25, 0.3) is 10.9 Å². The van der Waals surface area contributed by atoms with E-state index in [1.54, 1.807) is 0 Å². The summed E-state index contributed by atoms with van der Waals surface area (Å²) >= 11 is 5.72. The van der Waals surface area contributed by atoms with Crippen molar-refractivity contribution in [3.8, 4) is 0 Å². The fourth-order valence-electron chi connectivity index (χ4n) is 2.46. The van der Waals surface area contributed by atoms with E-state index in [0.29, 0.717) is 10.9 Å². The number of benzene rings is 1. The molecule has 0 spiro atoms. The highest BCUT2D eigenvalue weighted by molar-refractivity contribution is 6.31. The quantitative estimate of drug-likeness (QED) is 0.766. The largest absolute Gasteiger partial charge is 0.358 e. The summed E-state index contributed by atoms with van der Waals surface area (Å²) in [5, 5.41) is 0.482. The molecule has 4 heteroatoms. The van der Waals surface area contributed by atoms with Crippen LogP contribution in [0.3, 0.4) is 0 Å². The molecule has 2 aromatic rings. The van der Waals surface area contributed by atoms with Gasteiger partial charge in [-0.1, -0.05) is 11.6 Å². The zero-order chi connectivity index (χ0) is 12.0. The third-order valence-corrected chi connectivity index (χ3v) is 3.62. The molecule has 1 aromatic heterocycles. The van der Waals surface area contributed by atoms with Crippen molar-refractivity contribution in [3.63, 3.8) is 0 Å². The Morgan fingerprint density at radius 3 is 2.82 bits per heavy atom. The Hall–Kier alpha value is -1.35. The average Bonchev–Trinajstić information content (AvgIpc) is 2.32. The summed E-state index contributed by atoms with van der Waals surface area (Å²) in [6.07, 6.45) is 3.78. The lowest BCUT2D eigenvalue weighted by atomic mass is 9.94. The van der Waals surface area contributed by atoms with E-state index in [4.69, 9.17) is 11.6 Å². The van der Waals surface area contributed by atoms with Crippen molar-refractivity contribution in [1.82, 2.24) is 4.98 Å². The van der Waals surface area contributed by atoms with Crippen LogP contribution in [-0.4, -0.2) is 4.98 Å². The van der Waals surface area contributed by atoms with Crippen LogP contribution < -0.4 is 5.43 Å². The molecule has 0 amide bonds. The van der Waals surface area contributed by atoms with Crippen LogP contribution in [0.15, 0.2) is 16.9 Å². The lowest BCUT2D eigenvalue weighted by Crippen LogP contribution is -2.18. The summed E-state index contributed by atoms with van der Waals surface area (Å²) in [6.45, 7) is 0. The molecule has 1 N–H and O–H groups in total. The Bertz CT molecular complexity index is 662. The molecule has 88 valence electrons. The maximum Gasteiger partial charge on any atom is 0.192 e. The molecule has 0 fully saturated rings. The first-order valence-corrected chi connectivity index (χ1v) is 6.07. The number of halogens is 2. The fourth-order valence-corrected chi connectivity index (χ4v) is 2.62. The van der Waals surface area contributed by atoms with Crippen LogP contribution in [0.1, 0.15) is 24.1 Å². The first-order valence-electron chi connectivity index (χ1n) is 5.69. The molecule has 17 heavy (non-hydrogen) atoms. The predicted octanol–water partition coefficient (Wildman–Crippen LogP) is 3.20. The number of hydrogen-bond donors (Lipinski definition) is 1. The van der Waals surface area contributed by atoms with Gasteiger partial charge in [-0.15, -0.1) is 0 Å². The molecule has 0 radical (unpaired) electrons. The summed E-state index contributed by atoms with van der Waals surface area (Å²) in [5.74, 6) is -0.495. The second kappa shape index (κ2) is 3.84. The van der Waals surface area contributed by atoms with Gasteiger partial charge in [-0.3, -0.25) is 4.79 Å². The molecule has 1 aromatic carbocycles. The average molecular weight is 252 g/mol. The SMILES string of the molecule is O=c1c2c([nH]c3cc(F)c(Cl)cc13)CCCC2. The van der Waals surface area contributed by atoms with Gasteiger partial charge in [0.25, 0.3) is 0 Å². The van der Waals surface area contributed by atoms with Gasteiger partial charge < -0.3 is 4.98 Å².